The molecule has 0 saturated heterocycles. The van der Waals surface area contributed by atoms with E-state index in [1.54, 1.807) is 13.2 Å². The van der Waals surface area contributed by atoms with Crippen LogP contribution in [0.25, 0.3) is 11.0 Å². The SMILES string of the molecule is COc1ccc2c3c(c(=O)oc2c1)CCC(C)(C)O3. The van der Waals surface area contributed by atoms with Gasteiger partial charge in [0, 0.05) is 6.07 Å². The van der Waals surface area contributed by atoms with Crippen molar-refractivity contribution >= 4 is 11.0 Å². The van der Waals surface area contributed by atoms with Crippen LogP contribution in [-0.2, 0) is 6.42 Å². The Morgan fingerprint density at radius 3 is 2.84 bits per heavy atom. The first-order chi connectivity index (χ1) is 9.00. The lowest BCUT2D eigenvalue weighted by Gasteiger charge is -2.32. The van der Waals surface area contributed by atoms with Gasteiger partial charge in [-0.05, 0) is 38.8 Å². The van der Waals surface area contributed by atoms with Crippen molar-refractivity contribution in [2.75, 3.05) is 7.11 Å². The Morgan fingerprint density at radius 2 is 2.11 bits per heavy atom. The molecule has 4 heteroatoms. The molecular formula is C15H16O4. The highest BCUT2D eigenvalue weighted by atomic mass is 16.5. The van der Waals surface area contributed by atoms with Crippen molar-refractivity contribution in [2.24, 2.45) is 0 Å². The van der Waals surface area contributed by atoms with Crippen molar-refractivity contribution in [1.82, 2.24) is 0 Å². The fraction of sp³-hybridized carbons (Fsp3) is 0.400. The number of benzene rings is 1. The van der Waals surface area contributed by atoms with Gasteiger partial charge in [-0.1, -0.05) is 0 Å². The van der Waals surface area contributed by atoms with Gasteiger partial charge in [-0.25, -0.2) is 4.79 Å². The highest BCUT2D eigenvalue weighted by Crippen LogP contribution is 2.37. The molecule has 0 bridgehead atoms. The molecule has 3 rings (SSSR count). The molecule has 0 aliphatic carbocycles. The van der Waals surface area contributed by atoms with Crippen LogP contribution in [0.4, 0.5) is 0 Å². The molecule has 1 aliphatic heterocycles. The Kier molecular flexibility index (Phi) is 2.55. The summed E-state index contributed by atoms with van der Waals surface area (Å²) < 4.78 is 16.5. The number of methoxy groups -OCH3 is 1. The van der Waals surface area contributed by atoms with Crippen LogP contribution in [0.2, 0.25) is 0 Å². The summed E-state index contributed by atoms with van der Waals surface area (Å²) in [6.07, 6.45) is 1.50. The van der Waals surface area contributed by atoms with Crippen LogP contribution in [0.15, 0.2) is 27.4 Å². The number of hydrogen-bond donors (Lipinski definition) is 0. The summed E-state index contributed by atoms with van der Waals surface area (Å²) in [6, 6.07) is 5.42. The van der Waals surface area contributed by atoms with Crippen molar-refractivity contribution in [3.63, 3.8) is 0 Å². The number of ether oxygens (including phenoxy) is 2. The Bertz CT molecular complexity index is 697. The predicted molar refractivity (Wildman–Crippen MR) is 72.1 cm³/mol. The minimum Gasteiger partial charge on any atom is -0.497 e. The second kappa shape index (κ2) is 4.02. The Hall–Kier alpha value is -1.97. The molecule has 0 radical (unpaired) electrons. The average Bonchev–Trinajstić information content (AvgIpc) is 2.36. The summed E-state index contributed by atoms with van der Waals surface area (Å²) in [5.41, 5.74) is 0.567. The fourth-order valence-corrected chi connectivity index (χ4v) is 2.40. The van der Waals surface area contributed by atoms with Gasteiger partial charge < -0.3 is 13.9 Å². The molecule has 2 heterocycles. The summed E-state index contributed by atoms with van der Waals surface area (Å²) in [6.45, 7) is 4.06. The van der Waals surface area contributed by atoms with Crippen LogP contribution in [0.5, 0.6) is 11.5 Å². The molecule has 2 aromatic rings. The first kappa shape index (κ1) is 12.1. The topological polar surface area (TPSA) is 48.7 Å². The Labute approximate surface area is 110 Å². The summed E-state index contributed by atoms with van der Waals surface area (Å²) in [4.78, 5) is 12.0. The highest BCUT2D eigenvalue weighted by Gasteiger charge is 2.30. The third-order valence-corrected chi connectivity index (χ3v) is 3.51. The maximum Gasteiger partial charge on any atom is 0.343 e. The van der Waals surface area contributed by atoms with E-state index in [0.717, 1.165) is 11.8 Å². The van der Waals surface area contributed by atoms with Crippen molar-refractivity contribution in [1.29, 1.82) is 0 Å². The Morgan fingerprint density at radius 1 is 1.32 bits per heavy atom. The molecule has 0 atom stereocenters. The normalized spacial score (nSPS) is 16.8. The van der Waals surface area contributed by atoms with Gasteiger partial charge in [0.15, 0.2) is 0 Å². The van der Waals surface area contributed by atoms with Gasteiger partial charge in [-0.3, -0.25) is 0 Å². The molecule has 100 valence electrons. The predicted octanol–water partition coefficient (Wildman–Crippen LogP) is 2.91. The van der Waals surface area contributed by atoms with E-state index in [1.807, 2.05) is 26.0 Å². The van der Waals surface area contributed by atoms with E-state index in [1.165, 1.54) is 0 Å². The monoisotopic (exact) mass is 260 g/mol. The molecule has 1 aromatic heterocycles. The van der Waals surface area contributed by atoms with Crippen molar-refractivity contribution < 1.29 is 13.9 Å². The molecule has 1 aliphatic rings. The lowest BCUT2D eigenvalue weighted by Crippen LogP contribution is -2.34. The van der Waals surface area contributed by atoms with Gasteiger partial charge in [-0.2, -0.15) is 0 Å². The van der Waals surface area contributed by atoms with E-state index in [4.69, 9.17) is 13.9 Å². The van der Waals surface area contributed by atoms with E-state index in [-0.39, 0.29) is 11.2 Å². The van der Waals surface area contributed by atoms with Crippen LogP contribution in [0, 0.1) is 0 Å². The van der Waals surface area contributed by atoms with Crippen LogP contribution in [0.1, 0.15) is 25.8 Å². The summed E-state index contributed by atoms with van der Waals surface area (Å²) in [5, 5.41) is 0.822. The van der Waals surface area contributed by atoms with Crippen molar-refractivity contribution in [3.05, 3.63) is 34.2 Å². The van der Waals surface area contributed by atoms with Gasteiger partial charge in [0.2, 0.25) is 0 Å². The van der Waals surface area contributed by atoms with E-state index in [0.29, 0.717) is 29.1 Å². The third-order valence-electron chi connectivity index (χ3n) is 3.51. The van der Waals surface area contributed by atoms with Gasteiger partial charge in [-0.15, -0.1) is 0 Å². The first-order valence-corrected chi connectivity index (χ1v) is 6.33. The minimum absolute atomic E-state index is 0.256. The van der Waals surface area contributed by atoms with Crippen LogP contribution < -0.4 is 15.1 Å². The quantitative estimate of drug-likeness (QED) is 0.740. The lowest BCUT2D eigenvalue weighted by atomic mass is 9.94. The zero-order chi connectivity index (χ0) is 13.6. The van der Waals surface area contributed by atoms with E-state index >= 15 is 0 Å². The summed E-state index contributed by atoms with van der Waals surface area (Å²) in [5.74, 6) is 1.32. The number of hydrogen-bond acceptors (Lipinski definition) is 4. The Balaban J connectivity index is 2.29. The average molecular weight is 260 g/mol. The second-order valence-corrected chi connectivity index (χ2v) is 5.42. The zero-order valence-corrected chi connectivity index (χ0v) is 11.3. The van der Waals surface area contributed by atoms with Gasteiger partial charge >= 0.3 is 5.63 Å². The lowest BCUT2D eigenvalue weighted by molar-refractivity contribution is 0.0851. The molecule has 0 N–H and O–H groups in total. The van der Waals surface area contributed by atoms with Crippen LogP contribution in [0.3, 0.4) is 0 Å². The largest absolute Gasteiger partial charge is 0.497 e. The molecule has 0 amide bonds. The summed E-state index contributed by atoms with van der Waals surface area (Å²) >= 11 is 0. The molecule has 0 fully saturated rings. The maximum absolute atomic E-state index is 12.0. The summed E-state index contributed by atoms with van der Waals surface area (Å²) in [7, 11) is 1.58. The molecule has 19 heavy (non-hydrogen) atoms. The third kappa shape index (κ3) is 1.97. The van der Waals surface area contributed by atoms with Gasteiger partial charge in [0.05, 0.1) is 18.1 Å². The second-order valence-electron chi connectivity index (χ2n) is 5.42. The zero-order valence-electron chi connectivity index (χ0n) is 11.3. The fourth-order valence-electron chi connectivity index (χ4n) is 2.40. The maximum atomic E-state index is 12.0. The van der Waals surface area contributed by atoms with E-state index in [9.17, 15) is 4.79 Å². The van der Waals surface area contributed by atoms with E-state index in [2.05, 4.69) is 0 Å². The standard InChI is InChI=1S/C15H16O4/c1-15(2)7-6-11-13(19-15)10-5-4-9(17-3)8-12(10)18-14(11)16/h4-5,8H,6-7H2,1-3H3. The highest BCUT2D eigenvalue weighted by molar-refractivity contribution is 5.85. The molecule has 0 spiro atoms. The van der Waals surface area contributed by atoms with Crippen LogP contribution >= 0.6 is 0 Å². The molecule has 4 nitrogen and oxygen atoms in total. The van der Waals surface area contributed by atoms with Crippen molar-refractivity contribution in [2.45, 2.75) is 32.3 Å². The molecule has 0 saturated carbocycles. The number of rotatable bonds is 1. The first-order valence-electron chi connectivity index (χ1n) is 6.33. The van der Waals surface area contributed by atoms with Crippen LogP contribution in [-0.4, -0.2) is 12.7 Å². The van der Waals surface area contributed by atoms with Crippen molar-refractivity contribution in [3.8, 4) is 11.5 Å². The minimum atomic E-state index is -0.314. The van der Waals surface area contributed by atoms with Gasteiger partial charge in [0.1, 0.15) is 22.7 Å². The number of fused-ring (bicyclic) bond motifs is 3. The molecule has 0 unspecified atom stereocenters. The molecule has 1 aromatic carbocycles. The molecular weight excluding hydrogens is 244 g/mol. The van der Waals surface area contributed by atoms with Gasteiger partial charge in [0.25, 0.3) is 0 Å². The smallest absolute Gasteiger partial charge is 0.343 e. The van der Waals surface area contributed by atoms with E-state index < -0.39 is 0 Å².